The topological polar surface area (TPSA) is 97.3 Å². The molecule has 0 bridgehead atoms. The van der Waals surface area contributed by atoms with Crippen molar-refractivity contribution in [2.24, 2.45) is 5.10 Å². The number of anilines is 1. The lowest BCUT2D eigenvalue weighted by molar-refractivity contribution is 0.174. The minimum atomic E-state index is 0.240. The van der Waals surface area contributed by atoms with E-state index in [1.807, 2.05) is 12.1 Å². The van der Waals surface area contributed by atoms with Crippen LogP contribution in [-0.4, -0.2) is 33.6 Å². The van der Waals surface area contributed by atoms with Crippen LogP contribution < -0.4 is 14.9 Å². The number of hydrogen-bond donors (Lipinski definition) is 2. The Balaban J connectivity index is 1.78. The molecule has 92 valence electrons. The quantitative estimate of drug-likeness (QED) is 0.651. The summed E-state index contributed by atoms with van der Waals surface area (Å²) in [5.74, 6) is 1.70. The van der Waals surface area contributed by atoms with E-state index in [0.717, 1.165) is 10.0 Å². The van der Waals surface area contributed by atoms with Crippen LogP contribution in [0.2, 0.25) is 0 Å². The second-order valence-corrected chi connectivity index (χ2v) is 4.19. The van der Waals surface area contributed by atoms with Gasteiger partial charge in [-0.15, -0.1) is 5.10 Å². The van der Waals surface area contributed by atoms with Gasteiger partial charge in [-0.25, -0.2) is 5.43 Å². The van der Waals surface area contributed by atoms with Crippen molar-refractivity contribution in [2.45, 2.75) is 0 Å². The highest BCUT2D eigenvalue weighted by atomic mass is 79.9. The third-order valence-electron chi connectivity index (χ3n) is 2.21. The molecule has 2 N–H and O–H groups in total. The van der Waals surface area contributed by atoms with Gasteiger partial charge in [-0.3, -0.25) is 0 Å². The van der Waals surface area contributed by atoms with E-state index >= 15 is 0 Å². The van der Waals surface area contributed by atoms with E-state index in [0.29, 0.717) is 17.4 Å². The monoisotopic (exact) mass is 310 g/mol. The minimum absolute atomic E-state index is 0.240. The van der Waals surface area contributed by atoms with Gasteiger partial charge < -0.3 is 9.47 Å². The van der Waals surface area contributed by atoms with Gasteiger partial charge in [0.15, 0.2) is 11.5 Å². The van der Waals surface area contributed by atoms with E-state index in [1.54, 1.807) is 6.21 Å². The Kier molecular flexibility index (Phi) is 2.81. The third kappa shape index (κ3) is 2.12. The van der Waals surface area contributed by atoms with Crippen LogP contribution in [0, 0.1) is 0 Å². The number of aromatic amines is 1. The molecule has 1 aliphatic rings. The second-order valence-electron chi connectivity index (χ2n) is 3.33. The normalized spacial score (nSPS) is 13.2. The number of rotatable bonds is 3. The van der Waals surface area contributed by atoms with E-state index in [9.17, 15) is 0 Å². The van der Waals surface area contributed by atoms with Crippen molar-refractivity contribution in [3.05, 3.63) is 22.2 Å². The number of aromatic nitrogens is 4. The Bertz CT molecular complexity index is 585. The molecular weight excluding hydrogens is 304 g/mol. The van der Waals surface area contributed by atoms with Crippen molar-refractivity contribution < 1.29 is 9.47 Å². The number of tetrazole rings is 1. The number of halogens is 1. The molecule has 0 saturated heterocycles. The van der Waals surface area contributed by atoms with Crippen LogP contribution in [0.4, 0.5) is 5.95 Å². The van der Waals surface area contributed by atoms with Crippen molar-refractivity contribution >= 4 is 28.1 Å². The Labute approximate surface area is 109 Å². The number of nitrogens with one attached hydrogen (secondary N) is 2. The third-order valence-corrected chi connectivity index (χ3v) is 2.89. The molecule has 0 spiro atoms. The molecule has 0 aliphatic carbocycles. The van der Waals surface area contributed by atoms with Crippen LogP contribution in [0.5, 0.6) is 11.5 Å². The molecule has 18 heavy (non-hydrogen) atoms. The highest BCUT2D eigenvalue weighted by Crippen LogP contribution is 2.36. The summed E-state index contributed by atoms with van der Waals surface area (Å²) < 4.78 is 11.4. The molecule has 0 atom stereocenters. The van der Waals surface area contributed by atoms with Gasteiger partial charge in [0, 0.05) is 10.0 Å². The Morgan fingerprint density at radius 2 is 2.22 bits per heavy atom. The number of hydrazone groups is 1. The van der Waals surface area contributed by atoms with Crippen LogP contribution in [0.25, 0.3) is 0 Å². The Morgan fingerprint density at radius 1 is 1.39 bits per heavy atom. The van der Waals surface area contributed by atoms with Gasteiger partial charge in [0.1, 0.15) is 0 Å². The maximum absolute atomic E-state index is 5.28. The first-order valence-corrected chi connectivity index (χ1v) is 5.74. The number of nitrogens with zero attached hydrogens (tertiary/aromatic N) is 4. The first kappa shape index (κ1) is 11.0. The standard InChI is InChI=1S/C9H7BrN6O2/c10-6-2-8-7(17-4-18-8)1-5(6)3-11-12-9-13-15-16-14-9/h1-3H,4H2,(H2,12,13,14,15,16)/b11-3+. The summed E-state index contributed by atoms with van der Waals surface area (Å²) >= 11 is 3.42. The number of hydrogen-bond acceptors (Lipinski definition) is 7. The van der Waals surface area contributed by atoms with Gasteiger partial charge in [0.25, 0.3) is 5.95 Å². The molecule has 1 aliphatic heterocycles. The van der Waals surface area contributed by atoms with Crippen LogP contribution in [0.3, 0.4) is 0 Å². The van der Waals surface area contributed by atoms with Crippen molar-refractivity contribution in [3.8, 4) is 11.5 Å². The highest BCUT2D eigenvalue weighted by molar-refractivity contribution is 9.10. The first-order valence-electron chi connectivity index (χ1n) is 4.94. The molecule has 8 nitrogen and oxygen atoms in total. The van der Waals surface area contributed by atoms with Gasteiger partial charge in [0.2, 0.25) is 6.79 Å². The molecular formula is C9H7BrN6O2. The number of benzene rings is 1. The van der Waals surface area contributed by atoms with Crippen LogP contribution >= 0.6 is 15.9 Å². The molecule has 1 aromatic carbocycles. The van der Waals surface area contributed by atoms with Crippen molar-refractivity contribution in [2.75, 3.05) is 12.2 Å². The summed E-state index contributed by atoms with van der Waals surface area (Å²) in [6.07, 6.45) is 1.61. The fourth-order valence-corrected chi connectivity index (χ4v) is 1.83. The van der Waals surface area contributed by atoms with E-state index in [-0.39, 0.29) is 6.79 Å². The smallest absolute Gasteiger partial charge is 0.283 e. The second kappa shape index (κ2) is 4.61. The number of ether oxygens (including phenoxy) is 2. The summed E-state index contributed by atoms with van der Waals surface area (Å²) in [6.45, 7) is 0.240. The maximum Gasteiger partial charge on any atom is 0.283 e. The van der Waals surface area contributed by atoms with Gasteiger partial charge in [-0.05, 0) is 33.3 Å². The van der Waals surface area contributed by atoms with Gasteiger partial charge in [0.05, 0.1) is 6.21 Å². The molecule has 2 heterocycles. The highest BCUT2D eigenvalue weighted by Gasteiger charge is 2.15. The van der Waals surface area contributed by atoms with Crippen LogP contribution in [0.1, 0.15) is 5.56 Å². The number of H-pyrrole nitrogens is 1. The van der Waals surface area contributed by atoms with Crippen molar-refractivity contribution in [3.63, 3.8) is 0 Å². The molecule has 9 heteroatoms. The lowest BCUT2D eigenvalue weighted by atomic mass is 10.2. The Hall–Kier alpha value is -2.16. The molecule has 0 unspecified atom stereocenters. The molecule has 2 aromatic rings. The zero-order valence-corrected chi connectivity index (χ0v) is 10.5. The average Bonchev–Trinajstić information content (AvgIpc) is 3.00. The lowest BCUT2D eigenvalue weighted by Gasteiger charge is -2.01. The zero-order chi connectivity index (χ0) is 12.4. The van der Waals surface area contributed by atoms with Crippen LogP contribution in [-0.2, 0) is 0 Å². The summed E-state index contributed by atoms with van der Waals surface area (Å²) in [5, 5.41) is 17.1. The molecule has 0 saturated carbocycles. The molecule has 0 fully saturated rings. The summed E-state index contributed by atoms with van der Waals surface area (Å²) in [5.41, 5.74) is 3.47. The summed E-state index contributed by atoms with van der Waals surface area (Å²) in [7, 11) is 0. The van der Waals surface area contributed by atoms with Crippen LogP contribution in [0.15, 0.2) is 21.7 Å². The van der Waals surface area contributed by atoms with Gasteiger partial charge in [-0.1, -0.05) is 5.10 Å². The fourth-order valence-electron chi connectivity index (χ4n) is 1.40. The Morgan fingerprint density at radius 3 is 3.00 bits per heavy atom. The number of fused-ring (bicyclic) bond motifs is 1. The van der Waals surface area contributed by atoms with Crippen molar-refractivity contribution in [1.29, 1.82) is 0 Å². The molecule has 0 amide bonds. The first-order chi connectivity index (χ1) is 8.83. The minimum Gasteiger partial charge on any atom is -0.454 e. The SMILES string of the molecule is Brc1cc2c(cc1/C=N/Nc1nn[nH]n1)OCO2. The predicted molar refractivity (Wildman–Crippen MR) is 65.7 cm³/mol. The van der Waals surface area contributed by atoms with E-state index in [2.05, 4.69) is 47.1 Å². The summed E-state index contributed by atoms with van der Waals surface area (Å²) in [4.78, 5) is 0. The maximum atomic E-state index is 5.28. The lowest BCUT2D eigenvalue weighted by Crippen LogP contribution is -1.93. The molecule has 1 aromatic heterocycles. The van der Waals surface area contributed by atoms with Gasteiger partial charge >= 0.3 is 0 Å². The van der Waals surface area contributed by atoms with E-state index < -0.39 is 0 Å². The van der Waals surface area contributed by atoms with E-state index in [1.165, 1.54) is 0 Å². The fraction of sp³-hybridized carbons (Fsp3) is 0.111. The average molecular weight is 311 g/mol. The molecule has 3 rings (SSSR count). The summed E-state index contributed by atoms with van der Waals surface area (Å²) in [6, 6.07) is 3.66. The zero-order valence-electron chi connectivity index (χ0n) is 8.92. The largest absolute Gasteiger partial charge is 0.454 e. The molecule has 0 radical (unpaired) electrons. The van der Waals surface area contributed by atoms with E-state index in [4.69, 9.17) is 9.47 Å². The van der Waals surface area contributed by atoms with Crippen molar-refractivity contribution in [1.82, 2.24) is 20.6 Å². The predicted octanol–water partition coefficient (Wildman–Crippen LogP) is 1.14. The van der Waals surface area contributed by atoms with Gasteiger partial charge in [-0.2, -0.15) is 10.3 Å².